The molecular formula is C10H14N2O6S3. The number of nitrogens with zero attached hydrogens (tertiary/aromatic N) is 1. The molecule has 1 aromatic rings. The SMILES string of the molecule is Cc1nsc(NS(=O)(=O)C2CCS(=O)(=O)CC2)c1C(=O)O. The summed E-state index contributed by atoms with van der Waals surface area (Å²) in [7, 11) is -7.00. The Morgan fingerprint density at radius 1 is 1.38 bits per heavy atom. The Hall–Kier alpha value is -1.20. The first-order valence-electron chi connectivity index (χ1n) is 6.04. The zero-order valence-corrected chi connectivity index (χ0v) is 13.5. The monoisotopic (exact) mass is 354 g/mol. The highest BCUT2D eigenvalue weighted by molar-refractivity contribution is 7.94. The summed E-state index contributed by atoms with van der Waals surface area (Å²) in [6.45, 7) is 1.48. The van der Waals surface area contributed by atoms with Crippen molar-refractivity contribution in [2.45, 2.75) is 25.0 Å². The maximum Gasteiger partial charge on any atom is 0.340 e. The third kappa shape index (κ3) is 3.52. The molecule has 1 saturated heterocycles. The van der Waals surface area contributed by atoms with Crippen LogP contribution in [0.1, 0.15) is 28.9 Å². The highest BCUT2D eigenvalue weighted by Crippen LogP contribution is 2.28. The Kier molecular flexibility index (Phi) is 4.26. The molecule has 11 heteroatoms. The van der Waals surface area contributed by atoms with E-state index in [4.69, 9.17) is 5.11 Å². The molecule has 0 spiro atoms. The van der Waals surface area contributed by atoms with Crippen LogP contribution in [0.5, 0.6) is 0 Å². The number of aromatic nitrogens is 1. The number of sulfone groups is 1. The van der Waals surface area contributed by atoms with E-state index in [1.54, 1.807) is 0 Å². The molecule has 2 heterocycles. The smallest absolute Gasteiger partial charge is 0.340 e. The van der Waals surface area contributed by atoms with E-state index in [1.807, 2.05) is 0 Å². The summed E-state index contributed by atoms with van der Waals surface area (Å²) in [5.74, 6) is -1.61. The van der Waals surface area contributed by atoms with E-state index >= 15 is 0 Å². The molecule has 0 aliphatic carbocycles. The lowest BCUT2D eigenvalue weighted by Gasteiger charge is -2.22. The second kappa shape index (κ2) is 5.54. The first kappa shape index (κ1) is 16.2. The van der Waals surface area contributed by atoms with Gasteiger partial charge in [0.15, 0.2) is 0 Å². The van der Waals surface area contributed by atoms with Crippen molar-refractivity contribution in [3.63, 3.8) is 0 Å². The van der Waals surface area contributed by atoms with Crippen molar-refractivity contribution in [3.05, 3.63) is 11.3 Å². The van der Waals surface area contributed by atoms with Crippen LogP contribution in [0.2, 0.25) is 0 Å². The van der Waals surface area contributed by atoms with Crippen molar-refractivity contribution in [1.82, 2.24) is 4.37 Å². The van der Waals surface area contributed by atoms with Gasteiger partial charge in [0.2, 0.25) is 10.0 Å². The fraction of sp³-hybridized carbons (Fsp3) is 0.600. The summed E-state index contributed by atoms with van der Waals surface area (Å²) in [5, 5.41) is 8.17. The maximum atomic E-state index is 12.2. The molecule has 0 bridgehead atoms. The number of sulfonamides is 1. The third-order valence-corrected chi connectivity index (χ3v) is 7.79. The molecule has 0 unspecified atom stereocenters. The van der Waals surface area contributed by atoms with E-state index in [1.165, 1.54) is 6.92 Å². The third-order valence-electron chi connectivity index (χ3n) is 3.25. The normalized spacial score (nSPS) is 19.3. The largest absolute Gasteiger partial charge is 0.478 e. The second-order valence-corrected chi connectivity index (χ2v) is 9.81. The minimum Gasteiger partial charge on any atom is -0.478 e. The fourth-order valence-electron chi connectivity index (χ4n) is 2.08. The van der Waals surface area contributed by atoms with Crippen LogP contribution in [0.25, 0.3) is 0 Å². The molecule has 0 amide bonds. The molecule has 8 nitrogen and oxygen atoms in total. The molecule has 1 aliphatic rings. The van der Waals surface area contributed by atoms with Gasteiger partial charge < -0.3 is 5.11 Å². The van der Waals surface area contributed by atoms with Crippen molar-refractivity contribution in [2.24, 2.45) is 0 Å². The molecule has 21 heavy (non-hydrogen) atoms. The number of hydrogen-bond donors (Lipinski definition) is 2. The van der Waals surface area contributed by atoms with Crippen molar-refractivity contribution >= 4 is 42.4 Å². The molecular weight excluding hydrogens is 340 g/mol. The first-order chi connectivity index (χ1) is 9.62. The number of hydrogen-bond acceptors (Lipinski definition) is 7. The molecule has 0 atom stereocenters. The molecule has 118 valence electrons. The van der Waals surface area contributed by atoms with Crippen molar-refractivity contribution in [2.75, 3.05) is 16.2 Å². The van der Waals surface area contributed by atoms with Gasteiger partial charge in [0.1, 0.15) is 20.4 Å². The Morgan fingerprint density at radius 3 is 2.48 bits per heavy atom. The van der Waals surface area contributed by atoms with Gasteiger partial charge >= 0.3 is 5.97 Å². The number of carboxylic acid groups (broad SMARTS) is 1. The van der Waals surface area contributed by atoms with E-state index < -0.39 is 31.1 Å². The molecule has 1 aliphatic heterocycles. The maximum absolute atomic E-state index is 12.2. The second-order valence-electron chi connectivity index (χ2n) is 4.78. The van der Waals surface area contributed by atoms with E-state index in [0.717, 1.165) is 11.5 Å². The number of carboxylic acids is 1. The number of anilines is 1. The van der Waals surface area contributed by atoms with Crippen LogP contribution in [0.3, 0.4) is 0 Å². The van der Waals surface area contributed by atoms with Gasteiger partial charge in [0.25, 0.3) is 0 Å². The minimum absolute atomic E-state index is 0.0118. The molecule has 0 aromatic carbocycles. The Labute approximate surface area is 126 Å². The van der Waals surface area contributed by atoms with Crippen molar-refractivity contribution in [3.8, 4) is 0 Å². The minimum atomic E-state index is -3.84. The number of aryl methyl sites for hydroxylation is 1. The highest BCUT2D eigenvalue weighted by atomic mass is 32.2. The van der Waals surface area contributed by atoms with Gasteiger partial charge in [0, 0.05) is 0 Å². The zero-order valence-electron chi connectivity index (χ0n) is 11.1. The lowest BCUT2D eigenvalue weighted by Crippen LogP contribution is -2.36. The van der Waals surface area contributed by atoms with Gasteiger partial charge in [-0.05, 0) is 31.3 Å². The highest BCUT2D eigenvalue weighted by Gasteiger charge is 2.34. The quantitative estimate of drug-likeness (QED) is 0.803. The van der Waals surface area contributed by atoms with E-state index in [2.05, 4.69) is 9.10 Å². The van der Waals surface area contributed by atoms with E-state index in [0.29, 0.717) is 0 Å². The standard InChI is InChI=1S/C10H14N2O6S3/c1-6-8(10(13)14)9(19-11-6)12-21(17,18)7-2-4-20(15,16)5-3-7/h7,12H,2-5H2,1H3,(H,13,14). The van der Waals surface area contributed by atoms with Gasteiger partial charge in [-0.1, -0.05) is 0 Å². The van der Waals surface area contributed by atoms with Crippen molar-refractivity contribution in [1.29, 1.82) is 0 Å². The predicted octanol–water partition coefficient (Wildman–Crippen LogP) is 0.469. The number of carbonyl (C=O) groups is 1. The van der Waals surface area contributed by atoms with Crippen LogP contribution in [0.4, 0.5) is 5.00 Å². The van der Waals surface area contributed by atoms with Crippen LogP contribution >= 0.6 is 11.5 Å². The van der Waals surface area contributed by atoms with Crippen molar-refractivity contribution < 1.29 is 26.7 Å². The van der Waals surface area contributed by atoms with Crippen LogP contribution in [0, 0.1) is 6.92 Å². The van der Waals surface area contributed by atoms with Crippen LogP contribution in [-0.2, 0) is 19.9 Å². The summed E-state index contributed by atoms with van der Waals surface area (Å²) in [5.41, 5.74) is 0.0587. The lowest BCUT2D eigenvalue weighted by atomic mass is 10.2. The van der Waals surface area contributed by atoms with Gasteiger partial charge in [-0.2, -0.15) is 4.37 Å². The zero-order chi connectivity index (χ0) is 15.8. The molecule has 2 rings (SSSR count). The van der Waals surface area contributed by atoms with Gasteiger partial charge in [-0.25, -0.2) is 21.6 Å². The van der Waals surface area contributed by atoms with Crippen LogP contribution in [-0.4, -0.2) is 49.0 Å². The summed E-state index contributed by atoms with van der Waals surface area (Å²) in [4.78, 5) is 11.1. The number of nitrogens with one attached hydrogen (secondary N) is 1. The number of aromatic carboxylic acids is 1. The molecule has 2 N–H and O–H groups in total. The predicted molar refractivity (Wildman–Crippen MR) is 78.0 cm³/mol. The lowest BCUT2D eigenvalue weighted by molar-refractivity contribution is 0.0697. The Morgan fingerprint density at radius 2 is 1.95 bits per heavy atom. The molecule has 1 aromatic heterocycles. The van der Waals surface area contributed by atoms with E-state index in [-0.39, 0.29) is 40.6 Å². The summed E-state index contributed by atoms with van der Waals surface area (Å²) in [6, 6.07) is 0. The molecule has 0 saturated carbocycles. The Balaban J connectivity index is 2.21. The average molecular weight is 354 g/mol. The van der Waals surface area contributed by atoms with Crippen LogP contribution < -0.4 is 4.72 Å². The summed E-state index contributed by atoms with van der Waals surface area (Å²) in [6.07, 6.45) is 0.0235. The van der Waals surface area contributed by atoms with Gasteiger partial charge in [0.05, 0.1) is 22.4 Å². The van der Waals surface area contributed by atoms with Crippen LogP contribution in [0.15, 0.2) is 0 Å². The fourth-order valence-corrected chi connectivity index (χ4v) is 6.40. The molecule has 0 radical (unpaired) electrons. The van der Waals surface area contributed by atoms with Gasteiger partial charge in [-0.15, -0.1) is 0 Å². The Bertz CT molecular complexity index is 751. The van der Waals surface area contributed by atoms with Gasteiger partial charge in [-0.3, -0.25) is 4.72 Å². The molecule has 1 fully saturated rings. The summed E-state index contributed by atoms with van der Waals surface area (Å²) < 4.78 is 53.2. The summed E-state index contributed by atoms with van der Waals surface area (Å²) >= 11 is 0.756. The van der Waals surface area contributed by atoms with E-state index in [9.17, 15) is 21.6 Å². The number of rotatable bonds is 4. The first-order valence-corrected chi connectivity index (χ1v) is 10.2. The topological polar surface area (TPSA) is 130 Å². The average Bonchev–Trinajstić information content (AvgIpc) is 2.69.